The van der Waals surface area contributed by atoms with E-state index in [1.165, 1.54) is 6.07 Å². The molecule has 0 saturated carbocycles. The molecule has 100 valence electrons. The van der Waals surface area contributed by atoms with Crippen LogP contribution in [0, 0.1) is 0 Å². The van der Waals surface area contributed by atoms with E-state index in [1.54, 1.807) is 6.07 Å². The van der Waals surface area contributed by atoms with E-state index in [-0.39, 0.29) is 5.75 Å². The molecule has 0 spiro atoms. The highest BCUT2D eigenvalue weighted by Crippen LogP contribution is 2.46. The molecule has 0 radical (unpaired) electrons. The highest BCUT2D eigenvalue weighted by atomic mass is 79.9. The number of benzene rings is 2. The molecular formula is C12H9Br2O4P. The summed E-state index contributed by atoms with van der Waals surface area (Å²) in [5.41, 5.74) is 1.37. The fourth-order valence-electron chi connectivity index (χ4n) is 1.61. The van der Waals surface area contributed by atoms with Gasteiger partial charge in [0.05, 0.1) is 0 Å². The summed E-state index contributed by atoms with van der Waals surface area (Å²) in [6.45, 7) is 0. The summed E-state index contributed by atoms with van der Waals surface area (Å²) in [5.74, 6) is 0.120. The van der Waals surface area contributed by atoms with Gasteiger partial charge in [0.2, 0.25) is 0 Å². The van der Waals surface area contributed by atoms with Crippen molar-refractivity contribution in [3.63, 3.8) is 0 Å². The Morgan fingerprint density at radius 1 is 1.00 bits per heavy atom. The molecule has 2 rings (SSSR count). The van der Waals surface area contributed by atoms with E-state index in [1.807, 2.05) is 30.3 Å². The minimum absolute atomic E-state index is 0.120. The van der Waals surface area contributed by atoms with Crippen LogP contribution in [0.5, 0.6) is 5.75 Å². The number of rotatable bonds is 3. The third-order valence-corrected chi connectivity index (χ3v) is 4.79. The fraction of sp³-hybridized carbons (Fsp3) is 0. The van der Waals surface area contributed by atoms with E-state index in [9.17, 15) is 4.57 Å². The number of phosphoric ester groups is 1. The Morgan fingerprint density at radius 2 is 1.63 bits per heavy atom. The largest absolute Gasteiger partial charge is 0.524 e. The van der Waals surface area contributed by atoms with E-state index >= 15 is 0 Å². The molecular weight excluding hydrogens is 399 g/mol. The van der Waals surface area contributed by atoms with E-state index in [2.05, 4.69) is 31.9 Å². The summed E-state index contributed by atoms with van der Waals surface area (Å²) in [5, 5.41) is 0. The quantitative estimate of drug-likeness (QED) is 0.742. The Morgan fingerprint density at radius 3 is 2.21 bits per heavy atom. The lowest BCUT2D eigenvalue weighted by Crippen LogP contribution is -1.94. The van der Waals surface area contributed by atoms with Crippen LogP contribution in [-0.4, -0.2) is 9.79 Å². The fourth-order valence-corrected chi connectivity index (χ4v) is 2.91. The molecule has 0 amide bonds. The topological polar surface area (TPSA) is 66.8 Å². The molecule has 0 unspecified atom stereocenters. The normalized spacial score (nSPS) is 11.4. The van der Waals surface area contributed by atoms with Gasteiger partial charge in [-0.1, -0.05) is 30.3 Å². The van der Waals surface area contributed by atoms with E-state index in [4.69, 9.17) is 14.3 Å². The molecule has 4 nitrogen and oxygen atoms in total. The first kappa shape index (κ1) is 14.8. The molecule has 19 heavy (non-hydrogen) atoms. The van der Waals surface area contributed by atoms with Crippen LogP contribution in [0.3, 0.4) is 0 Å². The third-order valence-electron chi connectivity index (χ3n) is 2.34. The number of hydrogen-bond acceptors (Lipinski definition) is 2. The van der Waals surface area contributed by atoms with Crippen molar-refractivity contribution in [2.24, 2.45) is 0 Å². The van der Waals surface area contributed by atoms with Crippen LogP contribution in [0.2, 0.25) is 0 Å². The lowest BCUT2D eigenvalue weighted by atomic mass is 10.1. The average Bonchev–Trinajstić information content (AvgIpc) is 2.34. The molecule has 0 saturated heterocycles. The predicted octanol–water partition coefficient (Wildman–Crippen LogP) is 4.35. The average molecular weight is 408 g/mol. The standard InChI is InChI=1S/C12H9Br2O4P/c13-9-6-7-10(18-19(15,16)17)11(12(9)14)8-4-2-1-3-5-8/h1-7H,(H2,15,16,17). The summed E-state index contributed by atoms with van der Waals surface area (Å²) < 4.78 is 17.2. The maximum absolute atomic E-state index is 11.0. The van der Waals surface area contributed by atoms with Crippen LogP contribution in [0.25, 0.3) is 11.1 Å². The van der Waals surface area contributed by atoms with Crippen molar-refractivity contribution < 1.29 is 18.9 Å². The first-order valence-corrected chi connectivity index (χ1v) is 8.28. The lowest BCUT2D eigenvalue weighted by Gasteiger charge is -2.14. The Hall–Kier alpha value is -0.650. The van der Waals surface area contributed by atoms with Crippen LogP contribution >= 0.6 is 39.7 Å². The predicted molar refractivity (Wildman–Crippen MR) is 80.0 cm³/mol. The molecule has 7 heteroatoms. The van der Waals surface area contributed by atoms with Gasteiger partial charge in [-0.05, 0) is 49.6 Å². The first-order valence-electron chi connectivity index (χ1n) is 5.17. The molecule has 0 heterocycles. The Balaban J connectivity index is 2.63. The van der Waals surface area contributed by atoms with E-state index in [0.29, 0.717) is 10.0 Å². The van der Waals surface area contributed by atoms with Crippen molar-refractivity contribution in [3.8, 4) is 16.9 Å². The van der Waals surface area contributed by atoms with Crippen molar-refractivity contribution in [3.05, 3.63) is 51.4 Å². The molecule has 0 aliphatic carbocycles. The van der Waals surface area contributed by atoms with Crippen LogP contribution in [0.1, 0.15) is 0 Å². The molecule has 0 aliphatic rings. The Labute approximate surface area is 126 Å². The summed E-state index contributed by atoms with van der Waals surface area (Å²) in [7, 11) is -4.61. The van der Waals surface area contributed by atoms with Crippen molar-refractivity contribution >= 4 is 39.7 Å². The van der Waals surface area contributed by atoms with E-state index < -0.39 is 7.82 Å². The summed E-state index contributed by atoms with van der Waals surface area (Å²) >= 11 is 6.76. The zero-order valence-corrected chi connectivity index (χ0v) is 13.5. The molecule has 0 aliphatic heterocycles. The van der Waals surface area contributed by atoms with Crippen LogP contribution in [0.15, 0.2) is 51.4 Å². The summed E-state index contributed by atoms with van der Waals surface area (Å²) in [4.78, 5) is 17.9. The van der Waals surface area contributed by atoms with Gasteiger partial charge in [-0.25, -0.2) is 4.57 Å². The molecule has 0 bridgehead atoms. The van der Waals surface area contributed by atoms with Crippen molar-refractivity contribution in [2.45, 2.75) is 0 Å². The number of phosphoric acid groups is 1. The second-order valence-corrected chi connectivity index (χ2v) is 6.49. The van der Waals surface area contributed by atoms with Crippen molar-refractivity contribution in [1.29, 1.82) is 0 Å². The Kier molecular flexibility index (Phi) is 4.48. The number of halogens is 2. The van der Waals surface area contributed by atoms with Crippen LogP contribution < -0.4 is 4.52 Å². The zero-order chi connectivity index (χ0) is 14.0. The number of hydrogen-bond donors (Lipinski definition) is 2. The second-order valence-electron chi connectivity index (χ2n) is 3.68. The molecule has 0 atom stereocenters. The maximum Gasteiger partial charge on any atom is 0.524 e. The van der Waals surface area contributed by atoms with E-state index in [0.717, 1.165) is 10.0 Å². The lowest BCUT2D eigenvalue weighted by molar-refractivity contribution is 0.283. The van der Waals surface area contributed by atoms with Gasteiger partial charge in [0.1, 0.15) is 5.75 Å². The van der Waals surface area contributed by atoms with Gasteiger partial charge < -0.3 is 4.52 Å². The molecule has 0 fully saturated rings. The zero-order valence-electron chi connectivity index (χ0n) is 9.46. The van der Waals surface area contributed by atoms with Crippen LogP contribution in [-0.2, 0) is 4.57 Å². The second kappa shape index (κ2) is 5.77. The van der Waals surface area contributed by atoms with Crippen molar-refractivity contribution in [1.82, 2.24) is 0 Å². The van der Waals surface area contributed by atoms with Crippen LogP contribution in [0.4, 0.5) is 0 Å². The SMILES string of the molecule is O=P(O)(O)Oc1ccc(Br)c(Br)c1-c1ccccc1. The first-order chi connectivity index (χ1) is 8.88. The van der Waals surface area contributed by atoms with Gasteiger partial charge in [0, 0.05) is 14.5 Å². The summed E-state index contributed by atoms with van der Waals surface area (Å²) in [6, 6.07) is 12.4. The monoisotopic (exact) mass is 406 g/mol. The van der Waals surface area contributed by atoms with Gasteiger partial charge in [-0.15, -0.1) is 0 Å². The van der Waals surface area contributed by atoms with Gasteiger partial charge in [-0.3, -0.25) is 9.79 Å². The smallest absolute Gasteiger partial charge is 0.404 e. The van der Waals surface area contributed by atoms with Gasteiger partial charge in [0.15, 0.2) is 0 Å². The highest BCUT2D eigenvalue weighted by molar-refractivity contribution is 9.13. The molecule has 2 aromatic rings. The van der Waals surface area contributed by atoms with Crippen molar-refractivity contribution in [2.75, 3.05) is 0 Å². The minimum Gasteiger partial charge on any atom is -0.404 e. The van der Waals surface area contributed by atoms with Gasteiger partial charge >= 0.3 is 7.82 Å². The molecule has 2 aromatic carbocycles. The maximum atomic E-state index is 11.0. The van der Waals surface area contributed by atoms with Gasteiger partial charge in [0.25, 0.3) is 0 Å². The Bertz CT molecular complexity index is 640. The highest BCUT2D eigenvalue weighted by Gasteiger charge is 2.21. The molecule has 2 N–H and O–H groups in total. The third kappa shape index (κ3) is 3.68. The summed E-state index contributed by atoms with van der Waals surface area (Å²) in [6.07, 6.45) is 0. The minimum atomic E-state index is -4.61. The van der Waals surface area contributed by atoms with Gasteiger partial charge in [-0.2, -0.15) is 0 Å². The molecule has 0 aromatic heterocycles.